The zero-order chi connectivity index (χ0) is 12.2. The fourth-order valence-corrected chi connectivity index (χ4v) is 1.66. The predicted molar refractivity (Wildman–Crippen MR) is 64.2 cm³/mol. The summed E-state index contributed by atoms with van der Waals surface area (Å²) in [6, 6.07) is 5.64. The molecule has 0 aliphatic rings. The van der Waals surface area contributed by atoms with Crippen LogP contribution in [0.1, 0.15) is 5.56 Å². The molecule has 0 unspecified atom stereocenters. The number of aryl methyl sites for hydroxylation is 1. The first-order valence-corrected chi connectivity index (χ1v) is 6.53. The van der Waals surface area contributed by atoms with E-state index in [0.717, 1.165) is 11.3 Å². The van der Waals surface area contributed by atoms with Gasteiger partial charge in [-0.05, 0) is 24.6 Å². The number of benzene rings is 1. The molecule has 1 rings (SSSR count). The molecule has 1 aromatic carbocycles. The molecule has 0 saturated heterocycles. The highest BCUT2D eigenvalue weighted by Crippen LogP contribution is 2.24. The second-order valence-corrected chi connectivity index (χ2v) is 5.23. The minimum absolute atomic E-state index is 0.107. The van der Waals surface area contributed by atoms with Gasteiger partial charge in [-0.1, -0.05) is 6.07 Å². The number of methoxy groups -OCH3 is 1. The van der Waals surface area contributed by atoms with E-state index in [1.807, 2.05) is 25.1 Å². The standard InChI is InChI=1S/C10H16N2O3S/c1-8-3-4-9(10(7-8)15-2)12-5-6-16(11,13)14/h3-4,7,12H,5-6H2,1-2H3,(H2,11,13,14). The third kappa shape index (κ3) is 4.08. The van der Waals surface area contributed by atoms with Crippen molar-refractivity contribution in [3.05, 3.63) is 23.8 Å². The van der Waals surface area contributed by atoms with E-state index >= 15 is 0 Å². The van der Waals surface area contributed by atoms with Gasteiger partial charge < -0.3 is 10.1 Å². The van der Waals surface area contributed by atoms with E-state index in [1.54, 1.807) is 7.11 Å². The number of ether oxygens (including phenoxy) is 1. The van der Waals surface area contributed by atoms with Crippen molar-refractivity contribution in [2.24, 2.45) is 5.14 Å². The van der Waals surface area contributed by atoms with Crippen molar-refractivity contribution in [2.75, 3.05) is 24.7 Å². The van der Waals surface area contributed by atoms with Gasteiger partial charge in [0.15, 0.2) is 0 Å². The molecule has 0 spiro atoms. The van der Waals surface area contributed by atoms with Crippen LogP contribution in [-0.2, 0) is 10.0 Å². The molecule has 0 heterocycles. The van der Waals surface area contributed by atoms with Crippen LogP contribution in [0.2, 0.25) is 0 Å². The van der Waals surface area contributed by atoms with Crippen molar-refractivity contribution in [1.29, 1.82) is 0 Å². The van der Waals surface area contributed by atoms with Gasteiger partial charge in [-0.2, -0.15) is 0 Å². The Labute approximate surface area is 95.7 Å². The lowest BCUT2D eigenvalue weighted by molar-refractivity contribution is 0.416. The summed E-state index contributed by atoms with van der Waals surface area (Å²) in [5.41, 5.74) is 1.84. The minimum atomic E-state index is -3.43. The molecule has 0 amide bonds. The number of anilines is 1. The summed E-state index contributed by atoms with van der Waals surface area (Å²) in [6.07, 6.45) is 0. The van der Waals surface area contributed by atoms with Crippen LogP contribution in [0.3, 0.4) is 0 Å². The van der Waals surface area contributed by atoms with E-state index < -0.39 is 10.0 Å². The van der Waals surface area contributed by atoms with Gasteiger partial charge >= 0.3 is 0 Å². The van der Waals surface area contributed by atoms with Gasteiger partial charge in [-0.3, -0.25) is 0 Å². The number of rotatable bonds is 5. The normalized spacial score (nSPS) is 11.2. The van der Waals surface area contributed by atoms with E-state index in [2.05, 4.69) is 5.32 Å². The number of nitrogens with two attached hydrogens (primary N) is 1. The summed E-state index contributed by atoms with van der Waals surface area (Å²) >= 11 is 0. The van der Waals surface area contributed by atoms with Gasteiger partial charge in [0.1, 0.15) is 5.75 Å². The maximum atomic E-state index is 10.7. The predicted octanol–water partition coefficient (Wildman–Crippen LogP) is 0.704. The molecule has 1 aromatic rings. The SMILES string of the molecule is COc1cc(C)ccc1NCCS(N)(=O)=O. The summed E-state index contributed by atoms with van der Waals surface area (Å²) in [6.45, 7) is 2.22. The van der Waals surface area contributed by atoms with Crippen LogP contribution in [0.15, 0.2) is 18.2 Å². The maximum Gasteiger partial charge on any atom is 0.210 e. The van der Waals surface area contributed by atoms with Crippen molar-refractivity contribution in [1.82, 2.24) is 0 Å². The molecule has 0 bridgehead atoms. The number of hydrogen-bond donors (Lipinski definition) is 2. The molecule has 5 nitrogen and oxygen atoms in total. The van der Waals surface area contributed by atoms with E-state index in [-0.39, 0.29) is 12.3 Å². The largest absolute Gasteiger partial charge is 0.495 e. The highest BCUT2D eigenvalue weighted by Gasteiger charge is 2.05. The highest BCUT2D eigenvalue weighted by molar-refractivity contribution is 7.89. The number of nitrogens with one attached hydrogen (secondary N) is 1. The third-order valence-corrected chi connectivity index (χ3v) is 2.83. The Balaban J connectivity index is 2.67. The van der Waals surface area contributed by atoms with Gasteiger partial charge in [0.2, 0.25) is 10.0 Å². The summed E-state index contributed by atoms with van der Waals surface area (Å²) in [5, 5.41) is 7.86. The summed E-state index contributed by atoms with van der Waals surface area (Å²) in [7, 11) is -1.86. The van der Waals surface area contributed by atoms with E-state index in [1.165, 1.54) is 0 Å². The Morgan fingerprint density at radius 3 is 2.69 bits per heavy atom. The lowest BCUT2D eigenvalue weighted by Crippen LogP contribution is -2.22. The van der Waals surface area contributed by atoms with Crippen LogP contribution in [0.4, 0.5) is 5.69 Å². The molecule has 0 radical (unpaired) electrons. The van der Waals surface area contributed by atoms with E-state index in [4.69, 9.17) is 9.88 Å². The number of sulfonamides is 1. The average molecular weight is 244 g/mol. The fourth-order valence-electron chi connectivity index (χ4n) is 1.27. The smallest absolute Gasteiger partial charge is 0.210 e. The molecule has 3 N–H and O–H groups in total. The molecule has 90 valence electrons. The van der Waals surface area contributed by atoms with Gasteiger partial charge in [0.05, 0.1) is 18.6 Å². The minimum Gasteiger partial charge on any atom is -0.495 e. The van der Waals surface area contributed by atoms with Gasteiger partial charge in [0.25, 0.3) is 0 Å². The van der Waals surface area contributed by atoms with E-state index in [0.29, 0.717) is 5.75 Å². The van der Waals surface area contributed by atoms with Crippen molar-refractivity contribution in [2.45, 2.75) is 6.92 Å². The molecule has 6 heteroatoms. The molecular formula is C10H16N2O3S. The van der Waals surface area contributed by atoms with Crippen molar-refractivity contribution < 1.29 is 13.2 Å². The Bertz CT molecular complexity index is 457. The number of primary sulfonamides is 1. The zero-order valence-electron chi connectivity index (χ0n) is 9.36. The first kappa shape index (κ1) is 12.8. The summed E-state index contributed by atoms with van der Waals surface area (Å²) in [5.74, 6) is 0.582. The average Bonchev–Trinajstić information content (AvgIpc) is 2.18. The molecular weight excluding hydrogens is 228 g/mol. The molecule has 0 aromatic heterocycles. The zero-order valence-corrected chi connectivity index (χ0v) is 10.2. The molecule has 0 aliphatic carbocycles. The van der Waals surface area contributed by atoms with Crippen molar-refractivity contribution >= 4 is 15.7 Å². The second-order valence-electron chi connectivity index (χ2n) is 3.50. The van der Waals surface area contributed by atoms with Crippen LogP contribution in [0.5, 0.6) is 5.75 Å². The second kappa shape index (κ2) is 5.18. The van der Waals surface area contributed by atoms with Gasteiger partial charge in [0, 0.05) is 6.54 Å². The first-order chi connectivity index (χ1) is 7.42. The Morgan fingerprint density at radius 2 is 2.12 bits per heavy atom. The van der Waals surface area contributed by atoms with Crippen LogP contribution >= 0.6 is 0 Å². The van der Waals surface area contributed by atoms with E-state index in [9.17, 15) is 8.42 Å². The highest BCUT2D eigenvalue weighted by atomic mass is 32.2. The van der Waals surface area contributed by atoms with Crippen LogP contribution in [0.25, 0.3) is 0 Å². The van der Waals surface area contributed by atoms with Gasteiger partial charge in [-0.15, -0.1) is 0 Å². The van der Waals surface area contributed by atoms with Gasteiger partial charge in [-0.25, -0.2) is 13.6 Å². The lowest BCUT2D eigenvalue weighted by atomic mass is 10.2. The molecule has 16 heavy (non-hydrogen) atoms. The van der Waals surface area contributed by atoms with Crippen LogP contribution in [-0.4, -0.2) is 27.8 Å². The molecule has 0 fully saturated rings. The topological polar surface area (TPSA) is 81.4 Å². The lowest BCUT2D eigenvalue weighted by Gasteiger charge is -2.11. The molecule has 0 saturated carbocycles. The summed E-state index contributed by atoms with van der Waals surface area (Å²) in [4.78, 5) is 0. The summed E-state index contributed by atoms with van der Waals surface area (Å²) < 4.78 is 26.6. The Hall–Kier alpha value is -1.27. The van der Waals surface area contributed by atoms with Crippen molar-refractivity contribution in [3.63, 3.8) is 0 Å². The fraction of sp³-hybridized carbons (Fsp3) is 0.400. The molecule has 0 aliphatic heterocycles. The maximum absolute atomic E-state index is 10.7. The van der Waals surface area contributed by atoms with Crippen molar-refractivity contribution in [3.8, 4) is 5.75 Å². The monoisotopic (exact) mass is 244 g/mol. The number of hydrogen-bond acceptors (Lipinski definition) is 4. The third-order valence-electron chi connectivity index (χ3n) is 2.06. The quantitative estimate of drug-likeness (QED) is 0.799. The Morgan fingerprint density at radius 1 is 1.44 bits per heavy atom. The molecule has 0 atom stereocenters. The van der Waals surface area contributed by atoms with Crippen LogP contribution in [0, 0.1) is 6.92 Å². The Kier molecular flexibility index (Phi) is 4.14. The van der Waals surface area contributed by atoms with Crippen LogP contribution < -0.4 is 15.2 Å². The first-order valence-electron chi connectivity index (χ1n) is 4.81.